The van der Waals surface area contributed by atoms with Gasteiger partial charge in [0.2, 0.25) is 0 Å². The predicted octanol–water partition coefficient (Wildman–Crippen LogP) is 3.77. The molecule has 0 amide bonds. The van der Waals surface area contributed by atoms with E-state index in [9.17, 15) is 23.1 Å². The maximum absolute atomic E-state index is 12.7. The van der Waals surface area contributed by atoms with E-state index in [4.69, 9.17) is 0 Å². The van der Waals surface area contributed by atoms with Crippen LogP contribution in [0.15, 0.2) is 42.6 Å². The average Bonchev–Trinajstić information content (AvgIpc) is 3.14. The van der Waals surface area contributed by atoms with Crippen LogP contribution in [-0.2, 0) is 28.7 Å². The highest BCUT2D eigenvalue weighted by molar-refractivity contribution is 5.86. The fourth-order valence-electron chi connectivity index (χ4n) is 3.72. The zero-order valence-corrected chi connectivity index (χ0v) is 16.5. The van der Waals surface area contributed by atoms with Crippen LogP contribution in [0.3, 0.4) is 0 Å². The van der Waals surface area contributed by atoms with Gasteiger partial charge < -0.3 is 9.84 Å². The molecule has 0 bridgehead atoms. The Morgan fingerprint density at radius 2 is 2.13 bits per heavy atom. The molecule has 1 heterocycles. The van der Waals surface area contributed by atoms with E-state index in [1.165, 1.54) is 25.4 Å². The number of carbonyl (C=O) groups excluding carboxylic acids is 1. The summed E-state index contributed by atoms with van der Waals surface area (Å²) in [5.74, 6) is -0.423. The zero-order chi connectivity index (χ0) is 21.7. The third-order valence-corrected chi connectivity index (χ3v) is 5.16. The van der Waals surface area contributed by atoms with E-state index in [0.717, 1.165) is 35.6 Å². The molecule has 5 nitrogen and oxygen atoms in total. The first-order valence-corrected chi connectivity index (χ1v) is 9.57. The molecule has 0 aliphatic heterocycles. The van der Waals surface area contributed by atoms with Gasteiger partial charge >= 0.3 is 12.1 Å². The van der Waals surface area contributed by atoms with Crippen LogP contribution in [0, 0.1) is 0 Å². The third-order valence-electron chi connectivity index (χ3n) is 5.16. The number of aliphatic hydroxyl groups is 1. The number of rotatable bonds is 7. The standard InChI is InChI=1S/C22H23F3N2O3/c1-30-21(29)9-4-15-2-6-18-17(12-15)5-7-19(18)27(10-11-28)14-16-3-8-20(26-13-16)22(23,24)25/h2-4,6,8-9,12-13,19,28H,5,7,10-11,14H2,1H3/b9-4+. The number of alkyl halides is 3. The van der Waals surface area contributed by atoms with E-state index in [1.807, 2.05) is 18.2 Å². The number of hydrogen-bond donors (Lipinski definition) is 1. The number of aryl methyl sites for hydroxylation is 1. The van der Waals surface area contributed by atoms with Crippen molar-refractivity contribution in [2.45, 2.75) is 31.6 Å². The van der Waals surface area contributed by atoms with Crippen molar-refractivity contribution in [3.05, 3.63) is 70.6 Å². The summed E-state index contributed by atoms with van der Waals surface area (Å²) in [5.41, 5.74) is 2.90. The van der Waals surface area contributed by atoms with Crippen LogP contribution in [0.25, 0.3) is 6.08 Å². The SMILES string of the molecule is COC(=O)/C=C/c1ccc2c(c1)CCC2N(CCO)Cc1ccc(C(F)(F)F)nc1. The van der Waals surface area contributed by atoms with Gasteiger partial charge in [-0.05, 0) is 47.2 Å². The largest absolute Gasteiger partial charge is 0.466 e. The average molecular weight is 420 g/mol. The quantitative estimate of drug-likeness (QED) is 0.546. The molecule has 1 aliphatic carbocycles. The number of ether oxygens (including phenoxy) is 1. The van der Waals surface area contributed by atoms with Gasteiger partial charge in [-0.3, -0.25) is 9.88 Å². The summed E-state index contributed by atoms with van der Waals surface area (Å²) in [7, 11) is 1.32. The Morgan fingerprint density at radius 3 is 2.77 bits per heavy atom. The van der Waals surface area contributed by atoms with Crippen LogP contribution < -0.4 is 0 Å². The summed E-state index contributed by atoms with van der Waals surface area (Å²) in [6.07, 6.45) is 1.51. The van der Waals surface area contributed by atoms with Gasteiger partial charge in [-0.1, -0.05) is 24.3 Å². The van der Waals surface area contributed by atoms with Gasteiger partial charge in [-0.25, -0.2) is 4.79 Å². The molecular formula is C22H23F3N2O3. The maximum atomic E-state index is 12.7. The summed E-state index contributed by atoms with van der Waals surface area (Å²) in [4.78, 5) is 16.9. The maximum Gasteiger partial charge on any atom is 0.433 e. The Morgan fingerprint density at radius 1 is 1.33 bits per heavy atom. The van der Waals surface area contributed by atoms with Crippen molar-refractivity contribution in [1.29, 1.82) is 0 Å². The molecule has 8 heteroatoms. The molecule has 1 aromatic heterocycles. The lowest BCUT2D eigenvalue weighted by molar-refractivity contribution is -0.141. The highest BCUT2D eigenvalue weighted by Gasteiger charge is 2.32. The van der Waals surface area contributed by atoms with Crippen molar-refractivity contribution in [2.75, 3.05) is 20.3 Å². The van der Waals surface area contributed by atoms with Crippen molar-refractivity contribution in [2.24, 2.45) is 0 Å². The van der Waals surface area contributed by atoms with E-state index in [2.05, 4.69) is 14.6 Å². The number of fused-ring (bicyclic) bond motifs is 1. The third kappa shape index (κ3) is 5.25. The normalized spacial score (nSPS) is 16.3. The molecule has 1 unspecified atom stereocenters. The molecule has 1 N–H and O–H groups in total. The number of carbonyl (C=O) groups is 1. The van der Waals surface area contributed by atoms with Crippen LogP contribution in [0.1, 0.15) is 40.4 Å². The van der Waals surface area contributed by atoms with E-state index < -0.39 is 17.8 Å². The molecule has 1 aliphatic rings. The molecule has 0 fully saturated rings. The minimum atomic E-state index is -4.46. The van der Waals surface area contributed by atoms with Gasteiger partial charge in [0.05, 0.1) is 13.7 Å². The van der Waals surface area contributed by atoms with Crippen molar-refractivity contribution in [3.63, 3.8) is 0 Å². The van der Waals surface area contributed by atoms with Crippen LogP contribution in [-0.4, -0.2) is 41.2 Å². The van der Waals surface area contributed by atoms with E-state index in [-0.39, 0.29) is 12.6 Å². The molecule has 3 rings (SSSR count). The van der Waals surface area contributed by atoms with Crippen molar-refractivity contribution < 1.29 is 27.8 Å². The van der Waals surface area contributed by atoms with Crippen LogP contribution in [0.4, 0.5) is 13.2 Å². The second-order valence-corrected chi connectivity index (χ2v) is 7.11. The number of nitrogens with zero attached hydrogens (tertiary/aromatic N) is 2. The minimum Gasteiger partial charge on any atom is -0.466 e. The number of benzene rings is 1. The zero-order valence-electron chi connectivity index (χ0n) is 16.5. The first-order chi connectivity index (χ1) is 14.3. The molecular weight excluding hydrogens is 397 g/mol. The number of esters is 1. The Labute approximate surface area is 172 Å². The van der Waals surface area contributed by atoms with Crippen LogP contribution in [0.2, 0.25) is 0 Å². The first kappa shape index (κ1) is 22.0. The highest BCUT2D eigenvalue weighted by atomic mass is 19.4. The number of hydrogen-bond acceptors (Lipinski definition) is 5. The van der Waals surface area contributed by atoms with Crippen molar-refractivity contribution in [1.82, 2.24) is 9.88 Å². The fraction of sp³-hybridized carbons (Fsp3) is 0.364. The molecule has 1 atom stereocenters. The lowest BCUT2D eigenvalue weighted by Crippen LogP contribution is -2.30. The topological polar surface area (TPSA) is 62.7 Å². The lowest BCUT2D eigenvalue weighted by Gasteiger charge is -2.29. The van der Waals surface area contributed by atoms with Crippen molar-refractivity contribution in [3.8, 4) is 0 Å². The Balaban J connectivity index is 1.76. The number of halogens is 3. The lowest BCUT2D eigenvalue weighted by atomic mass is 10.0. The molecule has 0 saturated carbocycles. The Bertz CT molecular complexity index is 911. The van der Waals surface area contributed by atoms with Crippen molar-refractivity contribution >= 4 is 12.0 Å². The number of methoxy groups -OCH3 is 1. The van der Waals surface area contributed by atoms with Gasteiger partial charge in [-0.15, -0.1) is 0 Å². The van der Waals surface area contributed by atoms with E-state index >= 15 is 0 Å². The highest BCUT2D eigenvalue weighted by Crippen LogP contribution is 2.37. The summed E-state index contributed by atoms with van der Waals surface area (Å²) >= 11 is 0. The predicted molar refractivity (Wildman–Crippen MR) is 105 cm³/mol. The molecule has 0 spiro atoms. The van der Waals surface area contributed by atoms with Crippen LogP contribution in [0.5, 0.6) is 0 Å². The summed E-state index contributed by atoms with van der Waals surface area (Å²) < 4.78 is 42.8. The fourth-order valence-corrected chi connectivity index (χ4v) is 3.72. The molecule has 0 radical (unpaired) electrons. The molecule has 0 saturated heterocycles. The summed E-state index contributed by atoms with van der Waals surface area (Å²) in [6, 6.07) is 8.39. The Kier molecular flexibility index (Phi) is 6.89. The number of aromatic nitrogens is 1. The molecule has 30 heavy (non-hydrogen) atoms. The van der Waals surface area contributed by atoms with E-state index in [1.54, 1.807) is 6.08 Å². The van der Waals surface area contributed by atoms with Crippen LogP contribution >= 0.6 is 0 Å². The molecule has 160 valence electrons. The van der Waals surface area contributed by atoms with Gasteiger partial charge in [-0.2, -0.15) is 13.2 Å². The van der Waals surface area contributed by atoms with Gasteiger partial charge in [0.15, 0.2) is 0 Å². The van der Waals surface area contributed by atoms with Gasteiger partial charge in [0.1, 0.15) is 5.69 Å². The minimum absolute atomic E-state index is 0.0491. The first-order valence-electron chi connectivity index (χ1n) is 9.57. The monoisotopic (exact) mass is 420 g/mol. The second-order valence-electron chi connectivity index (χ2n) is 7.11. The van der Waals surface area contributed by atoms with E-state index in [0.29, 0.717) is 18.7 Å². The molecule has 2 aromatic rings. The second kappa shape index (κ2) is 9.40. The Hall–Kier alpha value is -2.71. The van der Waals surface area contributed by atoms with Gasteiger partial charge in [0.25, 0.3) is 0 Å². The smallest absolute Gasteiger partial charge is 0.433 e. The number of pyridine rings is 1. The number of aliphatic hydroxyl groups excluding tert-OH is 1. The van der Waals surface area contributed by atoms with Gasteiger partial charge in [0, 0.05) is 31.4 Å². The summed E-state index contributed by atoms with van der Waals surface area (Å²) in [5, 5.41) is 9.50. The summed E-state index contributed by atoms with van der Waals surface area (Å²) in [6.45, 7) is 0.731. The molecule has 1 aromatic carbocycles.